The molecule has 0 N–H and O–H groups in total. The van der Waals surface area contributed by atoms with Gasteiger partial charge in [-0.2, -0.15) is 0 Å². The third kappa shape index (κ3) is 18.1. The summed E-state index contributed by atoms with van der Waals surface area (Å²) in [6, 6.07) is 0. The molecule has 0 aromatic rings. The lowest BCUT2D eigenvalue weighted by Gasteiger charge is -2.03. The smallest absolute Gasteiger partial charge is 0.0207 e. The van der Waals surface area contributed by atoms with Gasteiger partial charge >= 0.3 is 0 Å². The van der Waals surface area contributed by atoms with Gasteiger partial charge in [0, 0.05) is 53.4 Å². The van der Waals surface area contributed by atoms with Crippen molar-refractivity contribution in [1.29, 1.82) is 0 Å². The standard InChI is InChI=1S/4C6H11N.4CH4/c4*1-6-3-4-7(2)5-6;;;;/h2*5H,3-4H2,1-2H3;2*3H,4-5H2,1-2H3;4*1H4. The van der Waals surface area contributed by atoms with Crippen LogP contribution in [0.3, 0.4) is 0 Å². The SMILES string of the molecule is C.C.C.C.CC1=CCN(C)C1.CC1=CCN(C)C1.CC1=CN(C)CC1.CC1=CN(C)CC1. The minimum absolute atomic E-state index is 0. The van der Waals surface area contributed by atoms with Gasteiger partial charge in [-0.1, -0.05) is 64.2 Å². The molecule has 0 atom stereocenters. The van der Waals surface area contributed by atoms with Crippen molar-refractivity contribution in [2.24, 2.45) is 0 Å². The van der Waals surface area contributed by atoms with Crippen LogP contribution in [0.1, 0.15) is 70.2 Å². The quantitative estimate of drug-likeness (QED) is 0.377. The van der Waals surface area contributed by atoms with E-state index in [-0.39, 0.29) is 29.7 Å². The lowest BCUT2D eigenvalue weighted by atomic mass is 10.3. The Labute approximate surface area is 204 Å². The molecule has 0 radical (unpaired) electrons. The van der Waals surface area contributed by atoms with Crippen LogP contribution in [0, 0.1) is 0 Å². The molecule has 4 heteroatoms. The van der Waals surface area contributed by atoms with Gasteiger partial charge in [-0.25, -0.2) is 0 Å². The molecule has 0 spiro atoms. The molecule has 4 aliphatic heterocycles. The van der Waals surface area contributed by atoms with E-state index in [1.165, 1.54) is 61.3 Å². The molecule has 4 aliphatic rings. The Morgan fingerprint density at radius 3 is 0.906 bits per heavy atom. The van der Waals surface area contributed by atoms with E-state index in [4.69, 9.17) is 0 Å². The van der Waals surface area contributed by atoms with Crippen molar-refractivity contribution in [3.8, 4) is 0 Å². The van der Waals surface area contributed by atoms with Crippen LogP contribution in [0.2, 0.25) is 0 Å². The van der Waals surface area contributed by atoms with Crippen molar-refractivity contribution in [2.75, 3.05) is 67.5 Å². The number of rotatable bonds is 0. The van der Waals surface area contributed by atoms with Crippen molar-refractivity contribution in [2.45, 2.75) is 70.2 Å². The zero-order valence-corrected chi connectivity index (χ0v) is 19.8. The van der Waals surface area contributed by atoms with Gasteiger partial charge in [0.25, 0.3) is 0 Å². The van der Waals surface area contributed by atoms with Gasteiger partial charge in [0.05, 0.1) is 0 Å². The van der Waals surface area contributed by atoms with Crippen LogP contribution >= 0.6 is 0 Å². The summed E-state index contributed by atoms with van der Waals surface area (Å²) in [5.41, 5.74) is 6.01. The summed E-state index contributed by atoms with van der Waals surface area (Å²) in [5, 5.41) is 0. The normalized spacial score (nSPS) is 18.9. The summed E-state index contributed by atoms with van der Waals surface area (Å²) in [6.07, 6.45) is 11.4. The van der Waals surface area contributed by atoms with Crippen LogP contribution in [0.4, 0.5) is 0 Å². The maximum atomic E-state index is 2.29. The summed E-state index contributed by atoms with van der Waals surface area (Å²) < 4.78 is 0. The molecule has 0 unspecified atom stereocenters. The van der Waals surface area contributed by atoms with Gasteiger partial charge in [-0.15, -0.1) is 0 Å². The fourth-order valence-electron chi connectivity index (χ4n) is 3.45. The summed E-state index contributed by atoms with van der Waals surface area (Å²) in [5.74, 6) is 0. The fourth-order valence-corrected chi connectivity index (χ4v) is 3.45. The van der Waals surface area contributed by atoms with Gasteiger partial charge in [0.1, 0.15) is 0 Å². The molecule has 0 aliphatic carbocycles. The lowest BCUT2D eigenvalue weighted by Crippen LogP contribution is -2.13. The number of likely N-dealkylation sites (N-methyl/N-ethyl adjacent to an activating group) is 2. The van der Waals surface area contributed by atoms with E-state index >= 15 is 0 Å². The van der Waals surface area contributed by atoms with E-state index in [0.717, 1.165) is 13.1 Å². The maximum absolute atomic E-state index is 2.29. The first-order chi connectivity index (χ1) is 13.2. The van der Waals surface area contributed by atoms with Crippen molar-refractivity contribution in [1.82, 2.24) is 19.6 Å². The first-order valence-electron chi connectivity index (χ1n) is 10.6. The summed E-state index contributed by atoms with van der Waals surface area (Å²) >= 11 is 0. The summed E-state index contributed by atoms with van der Waals surface area (Å²) in [6.45, 7) is 15.7. The van der Waals surface area contributed by atoms with Crippen LogP contribution in [0.15, 0.2) is 46.8 Å². The Morgan fingerprint density at radius 2 is 0.844 bits per heavy atom. The van der Waals surface area contributed by atoms with Crippen molar-refractivity contribution >= 4 is 0 Å². The van der Waals surface area contributed by atoms with Crippen LogP contribution in [-0.4, -0.2) is 87.1 Å². The zero-order valence-electron chi connectivity index (χ0n) is 19.8. The predicted octanol–water partition coefficient (Wildman–Crippen LogP) is 6.75. The minimum Gasteiger partial charge on any atom is -0.380 e. The Hall–Kier alpha value is -1.52. The van der Waals surface area contributed by atoms with Gasteiger partial charge in [0.15, 0.2) is 0 Å². The Balaban J connectivity index is -0.000000157. The highest BCUT2D eigenvalue weighted by Gasteiger charge is 2.04. The number of nitrogens with zero attached hydrogens (tertiary/aromatic N) is 4. The summed E-state index contributed by atoms with van der Waals surface area (Å²) in [4.78, 5) is 9.01. The second kappa shape index (κ2) is 20.1. The Bertz CT molecular complexity index is 534. The monoisotopic (exact) mass is 452 g/mol. The Morgan fingerprint density at radius 1 is 0.531 bits per heavy atom. The van der Waals surface area contributed by atoms with E-state index in [9.17, 15) is 0 Å². The molecule has 0 saturated heterocycles. The van der Waals surface area contributed by atoms with E-state index in [1.54, 1.807) is 0 Å². The van der Waals surface area contributed by atoms with E-state index in [2.05, 4.69) is 100 Å². The highest BCUT2D eigenvalue weighted by Crippen LogP contribution is 2.10. The molecular weight excluding hydrogens is 392 g/mol. The molecule has 0 bridgehead atoms. The maximum Gasteiger partial charge on any atom is 0.0207 e. The zero-order chi connectivity index (χ0) is 21.1. The first kappa shape index (κ1) is 37.8. The highest BCUT2D eigenvalue weighted by atomic mass is 15.1. The van der Waals surface area contributed by atoms with E-state index in [0.29, 0.717) is 0 Å². The minimum atomic E-state index is 0. The predicted molar refractivity (Wildman–Crippen MR) is 151 cm³/mol. The van der Waals surface area contributed by atoms with Crippen molar-refractivity contribution in [3.63, 3.8) is 0 Å². The van der Waals surface area contributed by atoms with Crippen molar-refractivity contribution in [3.05, 3.63) is 46.8 Å². The topological polar surface area (TPSA) is 13.0 Å². The number of hydrogen-bond donors (Lipinski definition) is 0. The van der Waals surface area contributed by atoms with Crippen LogP contribution in [0.25, 0.3) is 0 Å². The fraction of sp³-hybridized carbons (Fsp3) is 0.714. The second-order valence-electron chi connectivity index (χ2n) is 8.91. The van der Waals surface area contributed by atoms with Gasteiger partial charge in [0.2, 0.25) is 0 Å². The second-order valence-corrected chi connectivity index (χ2v) is 8.91. The van der Waals surface area contributed by atoms with Gasteiger partial charge in [-0.05, 0) is 67.0 Å². The van der Waals surface area contributed by atoms with E-state index in [1.807, 2.05) is 0 Å². The molecule has 4 heterocycles. The third-order valence-corrected chi connectivity index (χ3v) is 5.14. The molecule has 0 saturated carbocycles. The van der Waals surface area contributed by atoms with Crippen LogP contribution in [-0.2, 0) is 0 Å². The first-order valence-corrected chi connectivity index (χ1v) is 10.6. The highest BCUT2D eigenvalue weighted by molar-refractivity contribution is 5.08. The molecular formula is C28H60N4. The van der Waals surface area contributed by atoms with Crippen molar-refractivity contribution < 1.29 is 0 Å². The molecule has 0 amide bonds. The average Bonchev–Trinajstić information content (AvgIpc) is 3.37. The lowest BCUT2D eigenvalue weighted by molar-refractivity contribution is 0.429. The largest absolute Gasteiger partial charge is 0.380 e. The molecule has 4 rings (SSSR count). The summed E-state index contributed by atoms with van der Waals surface area (Å²) in [7, 11) is 8.48. The molecule has 32 heavy (non-hydrogen) atoms. The van der Waals surface area contributed by atoms with Gasteiger partial charge in [-0.3, -0.25) is 9.80 Å². The van der Waals surface area contributed by atoms with Gasteiger partial charge < -0.3 is 9.80 Å². The number of hydrogen-bond acceptors (Lipinski definition) is 4. The van der Waals surface area contributed by atoms with Crippen LogP contribution in [0.5, 0.6) is 0 Å². The van der Waals surface area contributed by atoms with Crippen LogP contribution < -0.4 is 0 Å². The molecule has 0 fully saturated rings. The average molecular weight is 453 g/mol. The molecule has 192 valence electrons. The third-order valence-electron chi connectivity index (χ3n) is 5.14. The van der Waals surface area contributed by atoms with E-state index < -0.39 is 0 Å². The molecule has 0 aromatic carbocycles. The molecule has 4 nitrogen and oxygen atoms in total. The molecule has 0 aromatic heterocycles. The Kier molecular flexibility index (Phi) is 23.7.